The van der Waals surface area contributed by atoms with Crippen molar-refractivity contribution in [3.05, 3.63) is 35.0 Å². The summed E-state index contributed by atoms with van der Waals surface area (Å²) in [6.07, 6.45) is 3.03. The topological polar surface area (TPSA) is 63.1 Å². The lowest BCUT2D eigenvalue weighted by atomic mass is 10.2. The van der Waals surface area contributed by atoms with Gasteiger partial charge in [-0.25, -0.2) is 9.78 Å². The summed E-state index contributed by atoms with van der Waals surface area (Å²) in [7, 11) is 0. The van der Waals surface area contributed by atoms with E-state index < -0.39 is 5.97 Å². The Kier molecular flexibility index (Phi) is 2.47. The number of carbonyl (C=O) groups is 1. The van der Waals surface area contributed by atoms with Crippen LogP contribution in [-0.4, -0.2) is 21.0 Å². The van der Waals surface area contributed by atoms with Gasteiger partial charge in [0.15, 0.2) is 0 Å². The molecule has 0 amide bonds. The summed E-state index contributed by atoms with van der Waals surface area (Å²) in [5, 5.41) is 9.41. The number of carboxylic acids is 1. The van der Waals surface area contributed by atoms with Crippen LogP contribution in [-0.2, 0) is 0 Å². The molecule has 5 heteroatoms. The molecule has 0 bridgehead atoms. The smallest absolute Gasteiger partial charge is 0.347 e. The van der Waals surface area contributed by atoms with Crippen molar-refractivity contribution in [3.63, 3.8) is 0 Å². The quantitative estimate of drug-likeness (QED) is 0.842. The molecule has 0 radical (unpaired) electrons. The van der Waals surface area contributed by atoms with Gasteiger partial charge in [0.05, 0.1) is 6.20 Å². The van der Waals surface area contributed by atoms with Crippen molar-refractivity contribution in [2.24, 2.45) is 0 Å². The average Bonchev–Trinajstić information content (AvgIpc) is 2.67. The molecule has 2 heterocycles. The molecule has 76 valence electrons. The third-order valence-electron chi connectivity index (χ3n) is 1.93. The van der Waals surface area contributed by atoms with Gasteiger partial charge in [-0.1, -0.05) is 6.07 Å². The molecule has 2 aromatic rings. The number of aromatic nitrogens is 2. The highest BCUT2D eigenvalue weighted by Crippen LogP contribution is 2.25. The van der Waals surface area contributed by atoms with Gasteiger partial charge < -0.3 is 5.11 Å². The monoisotopic (exact) mass is 220 g/mol. The minimum atomic E-state index is -0.952. The highest BCUT2D eigenvalue weighted by atomic mass is 32.1. The van der Waals surface area contributed by atoms with Crippen molar-refractivity contribution in [3.8, 4) is 10.7 Å². The summed E-state index contributed by atoms with van der Waals surface area (Å²) in [4.78, 5) is 19.1. The highest BCUT2D eigenvalue weighted by Gasteiger charge is 2.11. The average molecular weight is 220 g/mol. The van der Waals surface area contributed by atoms with Gasteiger partial charge in [0.1, 0.15) is 15.6 Å². The number of aromatic carboxylic acids is 1. The molecule has 0 aromatic carbocycles. The van der Waals surface area contributed by atoms with E-state index in [1.807, 2.05) is 19.1 Å². The molecule has 0 unspecified atom stereocenters. The largest absolute Gasteiger partial charge is 0.477 e. The first-order valence-electron chi connectivity index (χ1n) is 4.29. The second-order valence-electron chi connectivity index (χ2n) is 3.00. The van der Waals surface area contributed by atoms with Crippen LogP contribution in [0.4, 0.5) is 0 Å². The summed E-state index contributed by atoms with van der Waals surface area (Å²) < 4.78 is 0. The van der Waals surface area contributed by atoms with Crippen molar-refractivity contribution < 1.29 is 9.90 Å². The molecular formula is C10H8N2O2S. The molecule has 0 aliphatic heterocycles. The van der Waals surface area contributed by atoms with Crippen LogP contribution in [0.3, 0.4) is 0 Å². The number of pyridine rings is 1. The van der Waals surface area contributed by atoms with E-state index in [1.165, 1.54) is 6.20 Å². The van der Waals surface area contributed by atoms with Crippen LogP contribution < -0.4 is 0 Å². The number of rotatable bonds is 2. The van der Waals surface area contributed by atoms with E-state index in [0.29, 0.717) is 5.01 Å². The van der Waals surface area contributed by atoms with Crippen LogP contribution >= 0.6 is 11.3 Å². The minimum Gasteiger partial charge on any atom is -0.477 e. The van der Waals surface area contributed by atoms with Crippen molar-refractivity contribution >= 4 is 17.3 Å². The first-order chi connectivity index (χ1) is 7.18. The molecule has 1 N–H and O–H groups in total. The van der Waals surface area contributed by atoms with E-state index in [-0.39, 0.29) is 4.88 Å². The molecule has 0 saturated heterocycles. The van der Waals surface area contributed by atoms with E-state index in [2.05, 4.69) is 9.97 Å². The summed E-state index contributed by atoms with van der Waals surface area (Å²) in [5.41, 5.74) is 1.73. The molecule has 4 nitrogen and oxygen atoms in total. The third kappa shape index (κ3) is 1.87. The standard InChI is InChI=1S/C10H8N2O2S/c1-6-3-2-4-11-8(6)9-12-5-7(15-9)10(13)14/h2-5H,1H3,(H,13,14). The molecule has 0 aliphatic rings. The van der Waals surface area contributed by atoms with Crippen molar-refractivity contribution in [2.75, 3.05) is 0 Å². The Balaban J connectivity index is 2.46. The van der Waals surface area contributed by atoms with E-state index in [1.54, 1.807) is 6.20 Å². The van der Waals surface area contributed by atoms with Crippen LogP contribution in [0.2, 0.25) is 0 Å². The summed E-state index contributed by atoms with van der Waals surface area (Å²) in [5.74, 6) is -0.952. The lowest BCUT2D eigenvalue weighted by molar-refractivity contribution is 0.0702. The van der Waals surface area contributed by atoms with Gasteiger partial charge in [0.25, 0.3) is 0 Å². The number of hydrogen-bond acceptors (Lipinski definition) is 4. The van der Waals surface area contributed by atoms with Crippen LogP contribution in [0.1, 0.15) is 15.2 Å². The maximum Gasteiger partial charge on any atom is 0.347 e. The van der Waals surface area contributed by atoms with Crippen molar-refractivity contribution in [2.45, 2.75) is 6.92 Å². The molecule has 15 heavy (non-hydrogen) atoms. The van der Waals surface area contributed by atoms with Gasteiger partial charge >= 0.3 is 5.97 Å². The normalized spacial score (nSPS) is 10.2. The van der Waals surface area contributed by atoms with Crippen LogP contribution in [0.15, 0.2) is 24.5 Å². The predicted molar refractivity (Wildman–Crippen MR) is 57.0 cm³/mol. The summed E-state index contributed by atoms with van der Waals surface area (Å²) >= 11 is 1.14. The van der Waals surface area contributed by atoms with Crippen LogP contribution in [0, 0.1) is 6.92 Å². The number of aryl methyl sites for hydroxylation is 1. The lowest BCUT2D eigenvalue weighted by Crippen LogP contribution is -1.89. The van der Waals surface area contributed by atoms with E-state index >= 15 is 0 Å². The predicted octanol–water partition coefficient (Wildman–Crippen LogP) is 2.21. The van der Waals surface area contributed by atoms with Gasteiger partial charge in [-0.3, -0.25) is 4.98 Å². The highest BCUT2D eigenvalue weighted by molar-refractivity contribution is 7.16. The molecule has 0 saturated carbocycles. The molecule has 2 aromatic heterocycles. The first kappa shape index (κ1) is 9.79. The fourth-order valence-corrected chi connectivity index (χ4v) is 2.01. The third-order valence-corrected chi connectivity index (χ3v) is 2.92. The second kappa shape index (κ2) is 3.78. The zero-order valence-electron chi connectivity index (χ0n) is 7.97. The fraction of sp³-hybridized carbons (Fsp3) is 0.100. The SMILES string of the molecule is Cc1cccnc1-c1ncc(C(=O)O)s1. The molecule has 0 aliphatic carbocycles. The van der Waals surface area contributed by atoms with Gasteiger partial charge in [-0.05, 0) is 18.6 Å². The number of hydrogen-bond donors (Lipinski definition) is 1. The molecular weight excluding hydrogens is 212 g/mol. The second-order valence-corrected chi connectivity index (χ2v) is 4.03. The van der Waals surface area contributed by atoms with E-state index in [4.69, 9.17) is 5.11 Å². The van der Waals surface area contributed by atoms with Gasteiger partial charge in [0, 0.05) is 6.20 Å². The van der Waals surface area contributed by atoms with Gasteiger partial charge in [-0.15, -0.1) is 11.3 Å². The molecule has 0 atom stereocenters. The van der Waals surface area contributed by atoms with Crippen LogP contribution in [0.5, 0.6) is 0 Å². The minimum absolute atomic E-state index is 0.232. The maximum atomic E-state index is 10.7. The summed E-state index contributed by atoms with van der Waals surface area (Å²) in [6, 6.07) is 3.76. The molecule has 0 fully saturated rings. The van der Waals surface area contributed by atoms with Gasteiger partial charge in [0.2, 0.25) is 0 Å². The fourth-order valence-electron chi connectivity index (χ4n) is 1.19. The number of carboxylic acid groups (broad SMARTS) is 1. The van der Waals surface area contributed by atoms with Crippen molar-refractivity contribution in [1.29, 1.82) is 0 Å². The Morgan fingerprint density at radius 1 is 1.47 bits per heavy atom. The Bertz CT molecular complexity index is 508. The molecule has 2 rings (SSSR count). The molecule has 0 spiro atoms. The number of nitrogens with zero attached hydrogens (tertiary/aromatic N) is 2. The Hall–Kier alpha value is -1.75. The zero-order chi connectivity index (χ0) is 10.8. The Morgan fingerprint density at radius 3 is 2.87 bits per heavy atom. The summed E-state index contributed by atoms with van der Waals surface area (Å²) in [6.45, 7) is 1.92. The van der Waals surface area contributed by atoms with Crippen molar-refractivity contribution in [1.82, 2.24) is 9.97 Å². The lowest BCUT2D eigenvalue weighted by Gasteiger charge is -1.98. The maximum absolute atomic E-state index is 10.7. The van der Waals surface area contributed by atoms with E-state index in [9.17, 15) is 4.79 Å². The van der Waals surface area contributed by atoms with E-state index in [0.717, 1.165) is 22.6 Å². The van der Waals surface area contributed by atoms with Crippen LogP contribution in [0.25, 0.3) is 10.7 Å². The number of thiazole rings is 1. The Morgan fingerprint density at radius 2 is 2.27 bits per heavy atom. The van der Waals surface area contributed by atoms with Gasteiger partial charge in [-0.2, -0.15) is 0 Å². The Labute approximate surface area is 90.3 Å². The first-order valence-corrected chi connectivity index (χ1v) is 5.11. The zero-order valence-corrected chi connectivity index (χ0v) is 8.78.